The van der Waals surface area contributed by atoms with Crippen molar-refractivity contribution >= 4 is 24.1 Å². The molecule has 13 heavy (non-hydrogen) atoms. The van der Waals surface area contributed by atoms with Crippen molar-refractivity contribution in [1.82, 2.24) is 10.2 Å². The molecule has 1 amide bonds. The third-order valence-corrected chi connectivity index (χ3v) is 1.85. The molecule has 1 aliphatic heterocycles. The Morgan fingerprint density at radius 2 is 1.85 bits per heavy atom. The van der Waals surface area contributed by atoms with Gasteiger partial charge in [0.2, 0.25) is 5.78 Å². The van der Waals surface area contributed by atoms with Crippen LogP contribution >= 0.6 is 12.4 Å². The number of nitrogens with one attached hydrogen (secondary N) is 1. The molecule has 0 aliphatic carbocycles. The normalized spacial score (nSPS) is 17.5. The summed E-state index contributed by atoms with van der Waals surface area (Å²) in [6.07, 6.45) is 0. The van der Waals surface area contributed by atoms with E-state index in [1.807, 2.05) is 4.90 Å². The molecule has 1 saturated heterocycles. The third kappa shape index (κ3) is 4.21. The molecule has 0 saturated carbocycles. The van der Waals surface area contributed by atoms with Crippen LogP contribution < -0.4 is 11.1 Å². The van der Waals surface area contributed by atoms with E-state index in [-0.39, 0.29) is 19.0 Å². The Hall–Kier alpha value is -0.650. The second-order valence-electron chi connectivity index (χ2n) is 2.81. The number of amides is 1. The van der Waals surface area contributed by atoms with Gasteiger partial charge in [-0.2, -0.15) is 0 Å². The van der Waals surface area contributed by atoms with Gasteiger partial charge < -0.3 is 11.1 Å². The first-order chi connectivity index (χ1) is 5.70. The summed E-state index contributed by atoms with van der Waals surface area (Å²) < 4.78 is 0. The molecular weight excluding hydrogens is 194 g/mol. The zero-order valence-electron chi connectivity index (χ0n) is 7.28. The van der Waals surface area contributed by atoms with Crippen molar-refractivity contribution in [3.63, 3.8) is 0 Å². The average Bonchev–Trinajstić information content (AvgIpc) is 2.06. The van der Waals surface area contributed by atoms with Crippen LogP contribution in [0.5, 0.6) is 0 Å². The van der Waals surface area contributed by atoms with E-state index in [1.165, 1.54) is 0 Å². The number of ketones is 1. The van der Waals surface area contributed by atoms with Crippen LogP contribution in [0.3, 0.4) is 0 Å². The maximum Gasteiger partial charge on any atom is 0.286 e. The van der Waals surface area contributed by atoms with Crippen molar-refractivity contribution in [2.45, 2.75) is 0 Å². The average molecular weight is 208 g/mol. The Morgan fingerprint density at radius 3 is 2.31 bits per heavy atom. The van der Waals surface area contributed by atoms with Gasteiger partial charge >= 0.3 is 0 Å². The lowest BCUT2D eigenvalue weighted by Gasteiger charge is -2.25. The number of rotatable bonds is 3. The van der Waals surface area contributed by atoms with Crippen LogP contribution in [0.15, 0.2) is 0 Å². The molecular formula is C7H14ClN3O2. The lowest BCUT2D eigenvalue weighted by atomic mass is 10.3. The van der Waals surface area contributed by atoms with E-state index in [4.69, 9.17) is 5.73 Å². The highest BCUT2D eigenvalue weighted by Gasteiger charge is 2.16. The molecule has 1 aliphatic rings. The van der Waals surface area contributed by atoms with Crippen LogP contribution in [-0.2, 0) is 9.59 Å². The maximum absolute atomic E-state index is 10.9. The van der Waals surface area contributed by atoms with Gasteiger partial charge in [0.25, 0.3) is 5.91 Å². The van der Waals surface area contributed by atoms with E-state index in [2.05, 4.69) is 5.32 Å². The first kappa shape index (κ1) is 12.3. The molecule has 0 aromatic rings. The Bertz CT molecular complexity index is 192. The molecule has 0 spiro atoms. The van der Waals surface area contributed by atoms with Gasteiger partial charge in [-0.25, -0.2) is 0 Å². The molecule has 3 N–H and O–H groups in total. The van der Waals surface area contributed by atoms with E-state index in [1.54, 1.807) is 0 Å². The zero-order valence-corrected chi connectivity index (χ0v) is 8.10. The number of hydrogen-bond donors (Lipinski definition) is 2. The van der Waals surface area contributed by atoms with Crippen molar-refractivity contribution < 1.29 is 9.59 Å². The Morgan fingerprint density at radius 1 is 1.31 bits per heavy atom. The smallest absolute Gasteiger partial charge is 0.286 e. The highest BCUT2D eigenvalue weighted by molar-refractivity contribution is 6.36. The highest BCUT2D eigenvalue weighted by Crippen LogP contribution is 1.91. The minimum Gasteiger partial charge on any atom is -0.363 e. The third-order valence-electron chi connectivity index (χ3n) is 1.85. The van der Waals surface area contributed by atoms with Crippen molar-refractivity contribution in [2.24, 2.45) is 5.73 Å². The number of halogens is 1. The SMILES string of the molecule is Cl.NC(=O)C(=O)CN1CCNCC1. The van der Waals surface area contributed by atoms with Crippen LogP contribution in [0.2, 0.25) is 0 Å². The fourth-order valence-electron chi connectivity index (χ4n) is 1.15. The number of Topliss-reactive ketones (excluding diaryl/α,β-unsaturated/α-hetero) is 1. The molecule has 1 rings (SSSR count). The lowest BCUT2D eigenvalue weighted by Crippen LogP contribution is -2.47. The molecule has 5 nitrogen and oxygen atoms in total. The molecule has 0 atom stereocenters. The number of piperazine rings is 1. The predicted molar refractivity (Wildman–Crippen MR) is 50.8 cm³/mol. The minimum absolute atomic E-state index is 0. The van der Waals surface area contributed by atoms with E-state index in [0.29, 0.717) is 0 Å². The number of primary amides is 1. The summed E-state index contributed by atoms with van der Waals surface area (Å²) in [4.78, 5) is 23.2. The zero-order chi connectivity index (χ0) is 8.97. The Kier molecular flexibility index (Phi) is 5.61. The van der Waals surface area contributed by atoms with Crippen LogP contribution in [0.4, 0.5) is 0 Å². The van der Waals surface area contributed by atoms with E-state index in [0.717, 1.165) is 26.2 Å². The Balaban J connectivity index is 0.00000144. The van der Waals surface area contributed by atoms with Gasteiger partial charge in [0.1, 0.15) is 0 Å². The second kappa shape index (κ2) is 5.90. The summed E-state index contributed by atoms with van der Waals surface area (Å²) in [7, 11) is 0. The fourth-order valence-corrected chi connectivity index (χ4v) is 1.15. The van der Waals surface area contributed by atoms with Crippen molar-refractivity contribution in [1.29, 1.82) is 0 Å². The van der Waals surface area contributed by atoms with Gasteiger partial charge in [0.05, 0.1) is 6.54 Å². The minimum atomic E-state index is -0.839. The van der Waals surface area contributed by atoms with Gasteiger partial charge in [0.15, 0.2) is 0 Å². The molecule has 0 unspecified atom stereocenters. The van der Waals surface area contributed by atoms with E-state index < -0.39 is 11.7 Å². The summed E-state index contributed by atoms with van der Waals surface area (Å²) in [6, 6.07) is 0. The number of hydrogen-bond acceptors (Lipinski definition) is 4. The van der Waals surface area contributed by atoms with E-state index >= 15 is 0 Å². The molecule has 0 aromatic carbocycles. The first-order valence-electron chi connectivity index (χ1n) is 3.96. The van der Waals surface area contributed by atoms with Crippen LogP contribution in [-0.4, -0.2) is 49.3 Å². The summed E-state index contributed by atoms with van der Waals surface area (Å²) >= 11 is 0. The number of carbonyl (C=O) groups is 2. The van der Waals surface area contributed by atoms with Crippen LogP contribution in [0.25, 0.3) is 0 Å². The lowest BCUT2D eigenvalue weighted by molar-refractivity contribution is -0.136. The highest BCUT2D eigenvalue weighted by atomic mass is 35.5. The second-order valence-corrected chi connectivity index (χ2v) is 2.81. The maximum atomic E-state index is 10.9. The van der Waals surface area contributed by atoms with Gasteiger partial charge in [-0.15, -0.1) is 12.4 Å². The number of nitrogens with zero attached hydrogens (tertiary/aromatic N) is 1. The molecule has 0 radical (unpaired) electrons. The van der Waals surface area contributed by atoms with Crippen molar-refractivity contribution in [3.8, 4) is 0 Å². The molecule has 0 aromatic heterocycles. The topological polar surface area (TPSA) is 75.4 Å². The van der Waals surface area contributed by atoms with Crippen LogP contribution in [0, 0.1) is 0 Å². The fraction of sp³-hybridized carbons (Fsp3) is 0.714. The van der Waals surface area contributed by atoms with Crippen LogP contribution in [0.1, 0.15) is 0 Å². The van der Waals surface area contributed by atoms with Gasteiger partial charge in [-0.1, -0.05) is 0 Å². The molecule has 6 heteroatoms. The number of carbonyl (C=O) groups excluding carboxylic acids is 2. The molecule has 1 fully saturated rings. The predicted octanol–water partition coefficient (Wildman–Crippen LogP) is -1.63. The van der Waals surface area contributed by atoms with Crippen molar-refractivity contribution in [2.75, 3.05) is 32.7 Å². The summed E-state index contributed by atoms with van der Waals surface area (Å²) in [6.45, 7) is 3.51. The van der Waals surface area contributed by atoms with E-state index in [9.17, 15) is 9.59 Å². The van der Waals surface area contributed by atoms with Crippen molar-refractivity contribution in [3.05, 3.63) is 0 Å². The quantitative estimate of drug-likeness (QED) is 0.545. The van der Waals surface area contributed by atoms with Gasteiger partial charge in [-0.3, -0.25) is 14.5 Å². The largest absolute Gasteiger partial charge is 0.363 e. The Labute approximate surface area is 83.0 Å². The monoisotopic (exact) mass is 207 g/mol. The standard InChI is InChI=1S/C7H13N3O2.ClH/c8-7(12)6(11)5-10-3-1-9-2-4-10;/h9H,1-5H2,(H2,8,12);1H. The molecule has 1 heterocycles. The molecule has 0 bridgehead atoms. The van der Waals surface area contributed by atoms with Gasteiger partial charge in [-0.05, 0) is 0 Å². The molecule has 76 valence electrons. The summed E-state index contributed by atoms with van der Waals surface area (Å²) in [5.41, 5.74) is 4.82. The first-order valence-corrected chi connectivity index (χ1v) is 3.96. The summed E-state index contributed by atoms with van der Waals surface area (Å²) in [5, 5.41) is 3.15. The number of nitrogens with two attached hydrogens (primary N) is 1. The summed E-state index contributed by atoms with van der Waals surface area (Å²) in [5.74, 6) is -1.34. The van der Waals surface area contributed by atoms with Gasteiger partial charge in [0, 0.05) is 26.2 Å².